The molecular weight excluding hydrogens is 222 g/mol. The molecule has 18 heavy (non-hydrogen) atoms. The van der Waals surface area contributed by atoms with Crippen LogP contribution in [0.4, 0.5) is 5.69 Å². The topological polar surface area (TPSA) is 39.1 Å². The van der Waals surface area contributed by atoms with Gasteiger partial charge in [0.05, 0.1) is 11.3 Å². The third-order valence-corrected chi connectivity index (χ3v) is 3.60. The molecule has 2 rings (SSSR count). The van der Waals surface area contributed by atoms with E-state index in [0.29, 0.717) is 5.92 Å². The third-order valence-electron chi connectivity index (χ3n) is 3.60. The van der Waals surface area contributed by atoms with E-state index in [4.69, 9.17) is 5.26 Å². The highest BCUT2D eigenvalue weighted by Gasteiger charge is 2.17. The van der Waals surface area contributed by atoms with Crippen molar-refractivity contribution >= 4 is 5.69 Å². The molecule has 3 nitrogen and oxygen atoms in total. The minimum absolute atomic E-state index is 0.691. The van der Waals surface area contributed by atoms with Crippen LogP contribution in [0.1, 0.15) is 24.0 Å². The predicted octanol–water partition coefficient (Wildman–Crippen LogP) is 2.62. The van der Waals surface area contributed by atoms with E-state index in [2.05, 4.69) is 29.4 Å². The zero-order chi connectivity index (χ0) is 13.0. The quantitative estimate of drug-likeness (QED) is 0.887. The summed E-state index contributed by atoms with van der Waals surface area (Å²) in [4.78, 5) is 2.39. The normalized spacial score (nSPS) is 20.4. The van der Waals surface area contributed by atoms with Crippen molar-refractivity contribution in [1.82, 2.24) is 4.90 Å². The second kappa shape index (κ2) is 5.88. The summed E-state index contributed by atoms with van der Waals surface area (Å²) in [5.41, 5.74) is 2.85. The van der Waals surface area contributed by atoms with E-state index in [0.717, 1.165) is 29.9 Å². The maximum Gasteiger partial charge on any atom is 0.101 e. The lowest BCUT2D eigenvalue weighted by Gasteiger charge is -2.30. The summed E-state index contributed by atoms with van der Waals surface area (Å²) in [6.45, 7) is 5.34. The molecule has 1 heterocycles. The molecule has 1 aromatic carbocycles. The summed E-state index contributed by atoms with van der Waals surface area (Å²) in [6.07, 6.45) is 2.56. The second-order valence-corrected chi connectivity index (χ2v) is 5.31. The molecule has 1 atom stereocenters. The molecular formula is C15H21N3. The van der Waals surface area contributed by atoms with E-state index in [9.17, 15) is 0 Å². The molecule has 0 saturated carbocycles. The molecule has 0 spiro atoms. The van der Waals surface area contributed by atoms with Crippen LogP contribution in [0.15, 0.2) is 18.2 Å². The van der Waals surface area contributed by atoms with E-state index >= 15 is 0 Å². The van der Waals surface area contributed by atoms with Gasteiger partial charge >= 0.3 is 0 Å². The van der Waals surface area contributed by atoms with E-state index in [1.165, 1.54) is 19.4 Å². The molecule has 3 heteroatoms. The zero-order valence-electron chi connectivity index (χ0n) is 11.2. The monoisotopic (exact) mass is 243 g/mol. The third kappa shape index (κ3) is 3.24. The Morgan fingerprint density at radius 1 is 1.50 bits per heavy atom. The van der Waals surface area contributed by atoms with Gasteiger partial charge < -0.3 is 10.2 Å². The lowest BCUT2D eigenvalue weighted by atomic mass is 9.98. The molecule has 0 amide bonds. The number of nitrogens with zero attached hydrogens (tertiary/aromatic N) is 2. The highest BCUT2D eigenvalue weighted by molar-refractivity contribution is 5.58. The molecule has 1 aliphatic heterocycles. The Bertz CT molecular complexity index is 448. The molecule has 0 aromatic heterocycles. The maximum absolute atomic E-state index is 9.12. The van der Waals surface area contributed by atoms with Gasteiger partial charge in [0, 0.05) is 13.1 Å². The maximum atomic E-state index is 9.12. The number of rotatable bonds is 3. The number of hydrogen-bond acceptors (Lipinski definition) is 3. The van der Waals surface area contributed by atoms with E-state index < -0.39 is 0 Å². The number of anilines is 1. The first-order chi connectivity index (χ1) is 8.69. The van der Waals surface area contributed by atoms with Gasteiger partial charge in [-0.05, 0) is 57.0 Å². The minimum Gasteiger partial charge on any atom is -0.384 e. The van der Waals surface area contributed by atoms with Gasteiger partial charge in [0.25, 0.3) is 0 Å². The van der Waals surface area contributed by atoms with Gasteiger partial charge in [-0.2, -0.15) is 5.26 Å². The molecule has 0 radical (unpaired) electrons. The minimum atomic E-state index is 0.691. The van der Waals surface area contributed by atoms with Crippen molar-refractivity contribution in [2.45, 2.75) is 19.8 Å². The molecule has 0 bridgehead atoms. The fourth-order valence-electron chi connectivity index (χ4n) is 2.60. The highest BCUT2D eigenvalue weighted by Crippen LogP contribution is 2.19. The van der Waals surface area contributed by atoms with Crippen molar-refractivity contribution in [3.05, 3.63) is 29.3 Å². The van der Waals surface area contributed by atoms with Crippen molar-refractivity contribution in [3.63, 3.8) is 0 Å². The van der Waals surface area contributed by atoms with Gasteiger partial charge in [0.1, 0.15) is 6.07 Å². The van der Waals surface area contributed by atoms with Crippen molar-refractivity contribution in [2.75, 3.05) is 32.0 Å². The summed E-state index contributed by atoms with van der Waals surface area (Å²) in [5.74, 6) is 0.691. The molecule has 0 aliphatic carbocycles. The number of aryl methyl sites for hydroxylation is 1. The molecule has 1 fully saturated rings. The Kier molecular flexibility index (Phi) is 4.22. The Hall–Kier alpha value is -1.53. The molecule has 1 saturated heterocycles. The number of benzene rings is 1. The van der Waals surface area contributed by atoms with Gasteiger partial charge in [-0.15, -0.1) is 0 Å². The molecule has 1 aromatic rings. The Morgan fingerprint density at radius 3 is 3.06 bits per heavy atom. The van der Waals surface area contributed by atoms with Crippen LogP contribution in [-0.4, -0.2) is 31.6 Å². The van der Waals surface area contributed by atoms with Gasteiger partial charge in [0.2, 0.25) is 0 Å². The summed E-state index contributed by atoms with van der Waals surface area (Å²) in [5, 5.41) is 12.6. The van der Waals surface area contributed by atoms with E-state index in [1.807, 2.05) is 19.1 Å². The first-order valence-corrected chi connectivity index (χ1v) is 6.62. The number of hydrogen-bond donors (Lipinski definition) is 1. The van der Waals surface area contributed by atoms with Crippen molar-refractivity contribution in [2.24, 2.45) is 5.92 Å². The Balaban J connectivity index is 1.96. The Morgan fingerprint density at radius 2 is 2.33 bits per heavy atom. The summed E-state index contributed by atoms with van der Waals surface area (Å²) in [6, 6.07) is 8.27. The van der Waals surface area contributed by atoms with Crippen LogP contribution < -0.4 is 5.32 Å². The predicted molar refractivity (Wildman–Crippen MR) is 74.6 cm³/mol. The van der Waals surface area contributed by atoms with Crippen molar-refractivity contribution in [3.8, 4) is 6.07 Å². The average Bonchev–Trinajstić information content (AvgIpc) is 2.37. The van der Waals surface area contributed by atoms with Crippen LogP contribution in [0.5, 0.6) is 0 Å². The van der Waals surface area contributed by atoms with Gasteiger partial charge in [-0.3, -0.25) is 0 Å². The average molecular weight is 243 g/mol. The fourth-order valence-corrected chi connectivity index (χ4v) is 2.60. The lowest BCUT2D eigenvalue weighted by Crippen LogP contribution is -2.35. The van der Waals surface area contributed by atoms with E-state index in [1.54, 1.807) is 0 Å². The lowest BCUT2D eigenvalue weighted by molar-refractivity contribution is 0.217. The van der Waals surface area contributed by atoms with Crippen LogP contribution in [0.2, 0.25) is 0 Å². The van der Waals surface area contributed by atoms with Crippen LogP contribution >= 0.6 is 0 Å². The molecule has 1 aliphatic rings. The number of likely N-dealkylation sites (tertiary alicyclic amines) is 1. The Labute approximate surface area is 109 Å². The number of nitriles is 1. The molecule has 96 valence electrons. The standard InChI is InChI=1S/C15H21N3/c1-12-5-6-15(14(8-12)9-16)17-10-13-4-3-7-18(2)11-13/h5-6,8,13,17H,3-4,7,10-11H2,1-2H3. The molecule has 1 N–H and O–H groups in total. The first-order valence-electron chi connectivity index (χ1n) is 6.62. The smallest absolute Gasteiger partial charge is 0.101 e. The number of piperidine rings is 1. The van der Waals surface area contributed by atoms with Crippen LogP contribution in [-0.2, 0) is 0 Å². The van der Waals surface area contributed by atoms with Crippen LogP contribution in [0, 0.1) is 24.2 Å². The van der Waals surface area contributed by atoms with Crippen LogP contribution in [0.3, 0.4) is 0 Å². The number of nitrogens with one attached hydrogen (secondary N) is 1. The van der Waals surface area contributed by atoms with Gasteiger partial charge in [-0.25, -0.2) is 0 Å². The van der Waals surface area contributed by atoms with Crippen LogP contribution in [0.25, 0.3) is 0 Å². The fraction of sp³-hybridized carbons (Fsp3) is 0.533. The first kappa shape index (κ1) is 12.9. The zero-order valence-corrected chi connectivity index (χ0v) is 11.2. The highest BCUT2D eigenvalue weighted by atomic mass is 15.1. The summed E-state index contributed by atoms with van der Waals surface area (Å²) < 4.78 is 0. The second-order valence-electron chi connectivity index (χ2n) is 5.31. The summed E-state index contributed by atoms with van der Waals surface area (Å²) >= 11 is 0. The largest absolute Gasteiger partial charge is 0.384 e. The molecule has 1 unspecified atom stereocenters. The van der Waals surface area contributed by atoms with Gasteiger partial charge in [0.15, 0.2) is 0 Å². The van der Waals surface area contributed by atoms with Crippen molar-refractivity contribution in [1.29, 1.82) is 5.26 Å². The van der Waals surface area contributed by atoms with Gasteiger partial charge in [-0.1, -0.05) is 6.07 Å². The van der Waals surface area contributed by atoms with E-state index in [-0.39, 0.29) is 0 Å². The van der Waals surface area contributed by atoms with Crippen molar-refractivity contribution < 1.29 is 0 Å². The summed E-state index contributed by atoms with van der Waals surface area (Å²) in [7, 11) is 2.18. The SMILES string of the molecule is Cc1ccc(NCC2CCCN(C)C2)c(C#N)c1.